The molecule has 0 spiro atoms. The Bertz CT molecular complexity index is 382. The zero-order valence-corrected chi connectivity index (χ0v) is 6.37. The van der Waals surface area contributed by atoms with Crippen molar-refractivity contribution in [2.45, 2.75) is 6.54 Å². The summed E-state index contributed by atoms with van der Waals surface area (Å²) < 4.78 is 1.48. The van der Waals surface area contributed by atoms with Gasteiger partial charge in [0.25, 0.3) is 5.56 Å². The van der Waals surface area contributed by atoms with Crippen molar-refractivity contribution in [2.75, 3.05) is 23.3 Å². The summed E-state index contributed by atoms with van der Waals surface area (Å²) in [5.41, 5.74) is 10.6. The van der Waals surface area contributed by atoms with E-state index in [0.29, 0.717) is 19.0 Å². The van der Waals surface area contributed by atoms with Crippen LogP contribution >= 0.6 is 0 Å². The van der Waals surface area contributed by atoms with Gasteiger partial charge >= 0.3 is 0 Å². The fraction of sp³-hybridized carbons (Fsp3) is 0.333. The second kappa shape index (κ2) is 2.13. The summed E-state index contributed by atoms with van der Waals surface area (Å²) in [5, 5.41) is 2.93. The molecule has 0 aliphatic carbocycles. The molecular formula is C6H9N5O. The van der Waals surface area contributed by atoms with Gasteiger partial charge in [0.1, 0.15) is 5.69 Å². The lowest BCUT2D eigenvalue weighted by Gasteiger charge is -2.03. The van der Waals surface area contributed by atoms with Gasteiger partial charge in [0, 0.05) is 13.1 Å². The van der Waals surface area contributed by atoms with E-state index in [1.807, 2.05) is 0 Å². The summed E-state index contributed by atoms with van der Waals surface area (Å²) in [5.74, 6) is 0.604. The van der Waals surface area contributed by atoms with E-state index in [-0.39, 0.29) is 17.1 Å². The average molecular weight is 167 g/mol. The lowest BCUT2D eigenvalue weighted by atomic mass is 10.5. The summed E-state index contributed by atoms with van der Waals surface area (Å²) in [4.78, 5) is 15.3. The Balaban J connectivity index is 2.76. The van der Waals surface area contributed by atoms with Crippen LogP contribution in [0.5, 0.6) is 0 Å². The van der Waals surface area contributed by atoms with Gasteiger partial charge in [0.15, 0.2) is 5.82 Å². The smallest absolute Gasteiger partial charge is 0.280 e. The quantitative estimate of drug-likeness (QED) is 0.452. The molecule has 1 aromatic rings. The van der Waals surface area contributed by atoms with Crippen molar-refractivity contribution in [1.82, 2.24) is 9.55 Å². The third-order valence-electron chi connectivity index (χ3n) is 1.85. The third-order valence-corrected chi connectivity index (χ3v) is 1.85. The van der Waals surface area contributed by atoms with Crippen LogP contribution in [0, 0.1) is 0 Å². The molecule has 0 saturated heterocycles. The lowest BCUT2D eigenvalue weighted by Crippen LogP contribution is -2.23. The SMILES string of the molecule is Nc1nc2n(c(=O)c1N)CCN2. The maximum absolute atomic E-state index is 11.4. The monoisotopic (exact) mass is 167 g/mol. The molecule has 1 aliphatic heterocycles. The first-order valence-electron chi connectivity index (χ1n) is 3.60. The molecule has 0 bridgehead atoms. The fourth-order valence-corrected chi connectivity index (χ4v) is 1.21. The van der Waals surface area contributed by atoms with E-state index in [1.165, 1.54) is 4.57 Å². The van der Waals surface area contributed by atoms with Crippen molar-refractivity contribution in [3.05, 3.63) is 10.4 Å². The number of nitrogens with two attached hydrogens (primary N) is 2. The Kier molecular flexibility index (Phi) is 1.24. The molecule has 12 heavy (non-hydrogen) atoms. The van der Waals surface area contributed by atoms with Crippen molar-refractivity contribution in [3.63, 3.8) is 0 Å². The van der Waals surface area contributed by atoms with Crippen molar-refractivity contribution >= 4 is 17.5 Å². The van der Waals surface area contributed by atoms with Crippen molar-refractivity contribution in [3.8, 4) is 0 Å². The van der Waals surface area contributed by atoms with E-state index >= 15 is 0 Å². The van der Waals surface area contributed by atoms with Crippen molar-refractivity contribution < 1.29 is 0 Å². The molecule has 0 aromatic carbocycles. The first-order chi connectivity index (χ1) is 5.70. The maximum Gasteiger partial charge on any atom is 0.280 e. The zero-order valence-electron chi connectivity index (χ0n) is 6.37. The zero-order chi connectivity index (χ0) is 8.72. The number of hydrogen-bond acceptors (Lipinski definition) is 5. The Morgan fingerprint density at radius 2 is 2.25 bits per heavy atom. The van der Waals surface area contributed by atoms with Gasteiger partial charge in [-0.3, -0.25) is 9.36 Å². The molecule has 6 heteroatoms. The predicted molar refractivity (Wildman–Crippen MR) is 45.8 cm³/mol. The predicted octanol–water partition coefficient (Wildman–Crippen LogP) is -1.17. The molecule has 0 radical (unpaired) electrons. The van der Waals surface area contributed by atoms with Gasteiger partial charge in [0.05, 0.1) is 0 Å². The largest absolute Gasteiger partial charge is 0.391 e. The lowest BCUT2D eigenvalue weighted by molar-refractivity contribution is 0.765. The number of fused-ring (bicyclic) bond motifs is 1. The second-order valence-electron chi connectivity index (χ2n) is 2.62. The molecule has 0 fully saturated rings. The van der Waals surface area contributed by atoms with Crippen LogP contribution in [0.2, 0.25) is 0 Å². The Hall–Kier alpha value is -1.72. The summed E-state index contributed by atoms with van der Waals surface area (Å²) in [6, 6.07) is 0. The Morgan fingerprint density at radius 1 is 1.50 bits per heavy atom. The van der Waals surface area contributed by atoms with Crippen LogP contribution < -0.4 is 22.3 Å². The molecule has 0 unspecified atom stereocenters. The van der Waals surface area contributed by atoms with Gasteiger partial charge < -0.3 is 16.8 Å². The number of rotatable bonds is 0. The fourth-order valence-electron chi connectivity index (χ4n) is 1.21. The summed E-state index contributed by atoms with van der Waals surface area (Å²) in [7, 11) is 0. The topological polar surface area (TPSA) is 99.0 Å². The minimum Gasteiger partial charge on any atom is -0.391 e. The molecule has 64 valence electrons. The minimum absolute atomic E-state index is 0.0300. The second-order valence-corrected chi connectivity index (χ2v) is 2.62. The van der Waals surface area contributed by atoms with E-state index in [9.17, 15) is 4.79 Å². The highest BCUT2D eigenvalue weighted by Crippen LogP contribution is 2.13. The highest BCUT2D eigenvalue weighted by molar-refractivity contribution is 5.59. The number of aromatic nitrogens is 2. The summed E-state index contributed by atoms with van der Waals surface area (Å²) in [6.45, 7) is 1.30. The highest BCUT2D eigenvalue weighted by atomic mass is 16.1. The van der Waals surface area contributed by atoms with Crippen LogP contribution in [-0.2, 0) is 6.54 Å². The molecule has 1 aromatic heterocycles. The average Bonchev–Trinajstić information content (AvgIpc) is 2.48. The molecule has 2 rings (SSSR count). The molecule has 1 aliphatic rings. The number of nitrogens with zero attached hydrogens (tertiary/aromatic N) is 2. The molecule has 2 heterocycles. The Morgan fingerprint density at radius 3 is 3.00 bits per heavy atom. The van der Waals surface area contributed by atoms with Crippen LogP contribution in [0.3, 0.4) is 0 Å². The van der Waals surface area contributed by atoms with Crippen molar-refractivity contribution in [2.24, 2.45) is 0 Å². The summed E-state index contributed by atoms with van der Waals surface area (Å²) >= 11 is 0. The van der Waals surface area contributed by atoms with Gasteiger partial charge in [-0.1, -0.05) is 0 Å². The number of nitrogens with one attached hydrogen (secondary N) is 1. The van der Waals surface area contributed by atoms with Crippen LogP contribution in [0.4, 0.5) is 17.5 Å². The van der Waals surface area contributed by atoms with E-state index < -0.39 is 0 Å². The normalized spacial score (nSPS) is 14.0. The standard InChI is InChI=1S/C6H9N5O/c7-3-4(8)10-6-9-1-2-11(6)5(3)12/h1-2,7-8H2,(H,9,10). The number of hydrogen-bond donors (Lipinski definition) is 3. The number of anilines is 3. The van der Waals surface area contributed by atoms with Crippen molar-refractivity contribution in [1.29, 1.82) is 0 Å². The first kappa shape index (κ1) is 6.96. The highest BCUT2D eigenvalue weighted by Gasteiger charge is 2.15. The van der Waals surface area contributed by atoms with Gasteiger partial charge in [-0.15, -0.1) is 0 Å². The maximum atomic E-state index is 11.4. The third kappa shape index (κ3) is 0.744. The van der Waals surface area contributed by atoms with Gasteiger partial charge in [-0.25, -0.2) is 0 Å². The van der Waals surface area contributed by atoms with Crippen LogP contribution in [0.1, 0.15) is 0 Å². The van der Waals surface area contributed by atoms with E-state index in [4.69, 9.17) is 11.5 Å². The van der Waals surface area contributed by atoms with Crippen LogP contribution in [0.25, 0.3) is 0 Å². The van der Waals surface area contributed by atoms with E-state index in [2.05, 4.69) is 10.3 Å². The molecule has 0 amide bonds. The van der Waals surface area contributed by atoms with Gasteiger partial charge in [-0.05, 0) is 0 Å². The summed E-state index contributed by atoms with van der Waals surface area (Å²) in [6.07, 6.45) is 0. The number of nitrogen functional groups attached to an aromatic ring is 2. The van der Waals surface area contributed by atoms with Gasteiger partial charge in [0.2, 0.25) is 5.95 Å². The van der Waals surface area contributed by atoms with Crippen LogP contribution in [-0.4, -0.2) is 16.1 Å². The molecule has 0 atom stereocenters. The Labute approximate surface area is 68.2 Å². The molecule has 0 saturated carbocycles. The van der Waals surface area contributed by atoms with E-state index in [1.54, 1.807) is 0 Å². The molecular weight excluding hydrogens is 158 g/mol. The minimum atomic E-state index is -0.262. The van der Waals surface area contributed by atoms with Gasteiger partial charge in [-0.2, -0.15) is 4.98 Å². The molecule has 6 nitrogen and oxygen atoms in total. The first-order valence-corrected chi connectivity index (χ1v) is 3.60. The molecule has 5 N–H and O–H groups in total. The van der Waals surface area contributed by atoms with Crippen LogP contribution in [0.15, 0.2) is 4.79 Å². The van der Waals surface area contributed by atoms with E-state index in [0.717, 1.165) is 0 Å².